The van der Waals surface area contributed by atoms with E-state index < -0.39 is 11.4 Å². The molecule has 0 unspecified atom stereocenters. The first-order valence-electron chi connectivity index (χ1n) is 6.63. The molecule has 1 aliphatic heterocycles. The van der Waals surface area contributed by atoms with Crippen molar-refractivity contribution in [2.24, 2.45) is 11.6 Å². The van der Waals surface area contributed by atoms with Crippen LogP contribution in [0.25, 0.3) is 0 Å². The van der Waals surface area contributed by atoms with E-state index in [4.69, 9.17) is 23.2 Å². The average molecular weight is 317 g/mol. The van der Waals surface area contributed by atoms with E-state index in [1.54, 1.807) is 25.4 Å². The second-order valence-electron chi connectivity index (χ2n) is 4.91. The Kier molecular flexibility index (Phi) is 6.91. The minimum atomic E-state index is -1.04. The normalized spacial score (nSPS) is 17.2. The van der Waals surface area contributed by atoms with Gasteiger partial charge in [-0.25, -0.2) is 10.2 Å². The minimum Gasteiger partial charge on any atom is -0.403 e. The molecule has 0 spiro atoms. The lowest BCUT2D eigenvalue weighted by molar-refractivity contribution is 0.00277. The predicted molar refractivity (Wildman–Crippen MR) is 82.7 cm³/mol. The van der Waals surface area contributed by atoms with Gasteiger partial charge in [-0.05, 0) is 38.1 Å². The van der Waals surface area contributed by atoms with E-state index in [0.29, 0.717) is 36.5 Å². The number of hydrogen-bond acceptors (Lipinski definition) is 5. The number of rotatable bonds is 2. The van der Waals surface area contributed by atoms with Crippen LogP contribution < -0.4 is 16.9 Å². The first-order chi connectivity index (χ1) is 9.89. The van der Waals surface area contributed by atoms with Crippen LogP contribution in [0.2, 0.25) is 5.02 Å². The number of nitrogens with two attached hydrogens (primary N) is 2. The van der Waals surface area contributed by atoms with Gasteiger partial charge in [-0.15, -0.1) is 0 Å². The summed E-state index contributed by atoms with van der Waals surface area (Å²) in [7, 11) is 1.70. The van der Waals surface area contributed by atoms with Crippen molar-refractivity contribution in [3.8, 4) is 0 Å². The topological polar surface area (TPSA) is 87.5 Å². The first kappa shape index (κ1) is 17.7. The fraction of sp³-hybridized carbons (Fsp3) is 0.429. The summed E-state index contributed by atoms with van der Waals surface area (Å²) in [5, 5.41) is 15.2. The van der Waals surface area contributed by atoms with Crippen molar-refractivity contribution in [2.75, 3.05) is 20.1 Å². The van der Waals surface area contributed by atoms with E-state index >= 15 is 0 Å². The Morgan fingerprint density at radius 1 is 1.43 bits per heavy atom. The molecule has 0 radical (unpaired) electrons. The number of aliphatic hydroxyl groups is 1. The summed E-state index contributed by atoms with van der Waals surface area (Å²) >= 11 is 5.67. The van der Waals surface area contributed by atoms with Crippen molar-refractivity contribution in [1.29, 1.82) is 0 Å². The van der Waals surface area contributed by atoms with Gasteiger partial charge in [0.1, 0.15) is 5.82 Å². The monoisotopic (exact) mass is 316 g/mol. The van der Waals surface area contributed by atoms with Crippen LogP contribution in [0.3, 0.4) is 0 Å². The fourth-order valence-corrected chi connectivity index (χ4v) is 2.27. The van der Waals surface area contributed by atoms with E-state index in [-0.39, 0.29) is 0 Å². The van der Waals surface area contributed by atoms with E-state index in [9.17, 15) is 9.50 Å². The van der Waals surface area contributed by atoms with Crippen molar-refractivity contribution in [2.45, 2.75) is 18.4 Å². The maximum Gasteiger partial charge on any atom is 0.130 e. The van der Waals surface area contributed by atoms with E-state index in [1.165, 1.54) is 17.3 Å². The molecule has 118 valence electrons. The maximum atomic E-state index is 13.6. The van der Waals surface area contributed by atoms with Crippen LogP contribution in [0.15, 0.2) is 30.6 Å². The fourth-order valence-electron chi connectivity index (χ4n) is 2.11. The van der Waals surface area contributed by atoms with Crippen LogP contribution in [0, 0.1) is 5.82 Å². The van der Waals surface area contributed by atoms with Crippen LogP contribution in [0.1, 0.15) is 18.4 Å². The summed E-state index contributed by atoms with van der Waals surface area (Å²) in [5.41, 5.74) is 4.24. The Hall–Kier alpha value is -1.34. The third-order valence-corrected chi connectivity index (χ3v) is 3.42. The van der Waals surface area contributed by atoms with Gasteiger partial charge in [0.2, 0.25) is 0 Å². The van der Waals surface area contributed by atoms with Gasteiger partial charge in [-0.2, -0.15) is 0 Å². The molecule has 0 bridgehead atoms. The lowest BCUT2D eigenvalue weighted by atomic mass is 9.85. The molecule has 1 heterocycles. The van der Waals surface area contributed by atoms with Crippen molar-refractivity contribution < 1.29 is 9.50 Å². The number of nitrogens with one attached hydrogen (secondary N) is 1. The minimum absolute atomic E-state index is 0.355. The standard InChI is InChI=1S/C11H13ClFNO.C3H9N3/c12-8-1-2-9(10(13)7-8)11(15)3-5-14-6-4-11;1-6(5)3-2-4/h1-2,7,14-15H,3-6H2;2-3H,4-5H2,1H3/b;3-2-. The highest BCUT2D eigenvalue weighted by molar-refractivity contribution is 6.30. The molecule has 1 aromatic rings. The summed E-state index contributed by atoms with van der Waals surface area (Å²) in [6.45, 7) is 1.41. The van der Waals surface area contributed by atoms with E-state index in [1.807, 2.05) is 0 Å². The molecule has 21 heavy (non-hydrogen) atoms. The Morgan fingerprint density at radius 3 is 2.48 bits per heavy atom. The lowest BCUT2D eigenvalue weighted by Crippen LogP contribution is -2.40. The zero-order valence-corrected chi connectivity index (χ0v) is 12.8. The highest BCUT2D eigenvalue weighted by Crippen LogP contribution is 2.33. The molecule has 1 fully saturated rings. The van der Waals surface area contributed by atoms with Gasteiger partial charge in [0.05, 0.1) is 5.60 Å². The molecular formula is C14H22ClFN4O. The molecule has 0 aromatic heterocycles. The molecule has 0 atom stereocenters. The van der Waals surface area contributed by atoms with E-state index in [2.05, 4.69) is 5.32 Å². The number of piperidine rings is 1. The van der Waals surface area contributed by atoms with Gasteiger partial charge in [-0.3, -0.25) is 0 Å². The van der Waals surface area contributed by atoms with Gasteiger partial charge in [0.25, 0.3) is 0 Å². The Labute approximate surface area is 129 Å². The largest absolute Gasteiger partial charge is 0.403 e. The zero-order chi connectivity index (χ0) is 15.9. The first-order valence-corrected chi connectivity index (χ1v) is 7.01. The molecular weight excluding hydrogens is 295 g/mol. The van der Waals surface area contributed by atoms with Crippen molar-refractivity contribution in [3.05, 3.63) is 47.0 Å². The second kappa shape index (κ2) is 8.19. The highest BCUT2D eigenvalue weighted by atomic mass is 35.5. The van der Waals surface area contributed by atoms with Gasteiger partial charge in [-0.1, -0.05) is 17.7 Å². The molecule has 6 N–H and O–H groups in total. The SMILES string of the molecule is CN(N)/C=C\N.OC1(c2ccc(Cl)cc2F)CCNCC1. The number of hydrazine groups is 1. The van der Waals surface area contributed by atoms with Crippen LogP contribution in [0.5, 0.6) is 0 Å². The number of nitrogens with zero attached hydrogens (tertiary/aromatic N) is 1. The van der Waals surface area contributed by atoms with Gasteiger partial charge in [0.15, 0.2) is 0 Å². The predicted octanol–water partition coefficient (Wildman–Crippen LogP) is 1.27. The van der Waals surface area contributed by atoms with Crippen LogP contribution in [0.4, 0.5) is 4.39 Å². The lowest BCUT2D eigenvalue weighted by Gasteiger charge is -2.33. The molecule has 0 amide bonds. The van der Waals surface area contributed by atoms with Gasteiger partial charge < -0.3 is 21.2 Å². The van der Waals surface area contributed by atoms with Crippen LogP contribution in [-0.2, 0) is 5.60 Å². The molecule has 0 saturated carbocycles. The van der Waals surface area contributed by atoms with Crippen molar-refractivity contribution in [3.63, 3.8) is 0 Å². The zero-order valence-electron chi connectivity index (χ0n) is 12.0. The van der Waals surface area contributed by atoms with Crippen molar-refractivity contribution in [1.82, 2.24) is 10.3 Å². The number of halogens is 2. The molecule has 0 aliphatic carbocycles. The van der Waals surface area contributed by atoms with Crippen LogP contribution >= 0.6 is 11.6 Å². The number of hydrogen-bond donors (Lipinski definition) is 4. The summed E-state index contributed by atoms with van der Waals surface area (Å²) in [6.07, 6.45) is 4.00. The third kappa shape index (κ3) is 5.51. The van der Waals surface area contributed by atoms with Gasteiger partial charge in [0, 0.05) is 30.0 Å². The Bertz CT molecular complexity index is 476. The highest BCUT2D eigenvalue weighted by Gasteiger charge is 2.33. The molecule has 7 heteroatoms. The Balaban J connectivity index is 0.000000315. The third-order valence-electron chi connectivity index (χ3n) is 3.18. The maximum absolute atomic E-state index is 13.6. The van der Waals surface area contributed by atoms with E-state index in [0.717, 1.165) is 0 Å². The van der Waals surface area contributed by atoms with Gasteiger partial charge >= 0.3 is 0 Å². The summed E-state index contributed by atoms with van der Waals surface area (Å²) in [4.78, 5) is 0. The number of benzene rings is 1. The molecule has 1 aromatic carbocycles. The molecule has 2 rings (SSSR count). The molecule has 1 aliphatic rings. The average Bonchev–Trinajstić information content (AvgIpc) is 2.39. The second-order valence-corrected chi connectivity index (χ2v) is 5.35. The smallest absolute Gasteiger partial charge is 0.130 e. The molecule has 1 saturated heterocycles. The summed E-state index contributed by atoms with van der Waals surface area (Å²) < 4.78 is 13.6. The quantitative estimate of drug-likeness (QED) is 0.487. The molecule has 5 nitrogen and oxygen atoms in total. The summed E-state index contributed by atoms with van der Waals surface area (Å²) in [5.74, 6) is 4.65. The Morgan fingerprint density at radius 2 is 2.05 bits per heavy atom. The van der Waals surface area contributed by atoms with Crippen molar-refractivity contribution >= 4 is 11.6 Å². The van der Waals surface area contributed by atoms with Crippen LogP contribution in [-0.4, -0.2) is 30.3 Å². The summed E-state index contributed by atoms with van der Waals surface area (Å²) in [6, 6.07) is 4.43.